The molecule has 13 heteroatoms. The van der Waals surface area contributed by atoms with Crippen LogP contribution < -0.4 is 25.6 Å². The Labute approximate surface area is 221 Å². The maximum absolute atomic E-state index is 13.5. The van der Waals surface area contributed by atoms with E-state index >= 15 is 0 Å². The summed E-state index contributed by atoms with van der Waals surface area (Å²) in [5.41, 5.74) is -0.832. The predicted molar refractivity (Wildman–Crippen MR) is 143 cm³/mol. The van der Waals surface area contributed by atoms with E-state index in [0.29, 0.717) is 48.8 Å². The van der Waals surface area contributed by atoms with Crippen LogP contribution in [0.5, 0.6) is 11.5 Å². The van der Waals surface area contributed by atoms with Crippen LogP contribution in [0.4, 0.5) is 11.5 Å². The minimum absolute atomic E-state index is 0.0117. The van der Waals surface area contributed by atoms with Gasteiger partial charge in [-0.15, -0.1) is 0 Å². The summed E-state index contributed by atoms with van der Waals surface area (Å²) in [7, 11) is 3.12. The van der Waals surface area contributed by atoms with Gasteiger partial charge in [0, 0.05) is 48.2 Å². The number of fused-ring (bicyclic) bond motifs is 2. The van der Waals surface area contributed by atoms with Gasteiger partial charge in [0.15, 0.2) is 11.5 Å². The SMILES string of the molecule is CCn1c(=O)n(C2CCN(c3ncnc4cc(OC)c(OC)cc34)CC2)c(=O)c2cc(Cl)cc([N+](=O)[O-])c21. The molecule has 0 saturated carbocycles. The zero-order valence-electron chi connectivity index (χ0n) is 21.0. The van der Waals surface area contributed by atoms with E-state index in [0.717, 1.165) is 11.5 Å². The first-order chi connectivity index (χ1) is 18.3. The highest BCUT2D eigenvalue weighted by molar-refractivity contribution is 6.31. The third kappa shape index (κ3) is 4.10. The molecule has 4 aromatic rings. The largest absolute Gasteiger partial charge is 0.493 e. The average molecular weight is 541 g/mol. The molecular weight excluding hydrogens is 516 g/mol. The first-order valence-electron chi connectivity index (χ1n) is 12.0. The molecule has 0 aliphatic carbocycles. The molecule has 3 heterocycles. The molecule has 0 spiro atoms. The summed E-state index contributed by atoms with van der Waals surface area (Å²) in [6, 6.07) is 5.78. The van der Waals surface area contributed by atoms with Gasteiger partial charge in [0.1, 0.15) is 17.7 Å². The fraction of sp³-hybridized carbons (Fsp3) is 0.360. The molecular formula is C25H25ClN6O6. The van der Waals surface area contributed by atoms with Crippen molar-refractivity contribution in [2.24, 2.45) is 0 Å². The topological polar surface area (TPSA) is 135 Å². The van der Waals surface area contributed by atoms with Gasteiger partial charge in [0.2, 0.25) is 0 Å². The lowest BCUT2D eigenvalue weighted by Gasteiger charge is -2.34. The summed E-state index contributed by atoms with van der Waals surface area (Å²) in [6.07, 6.45) is 2.47. The standard InChI is InChI=1S/C25H25ClN6O6/c1-4-30-22-17(9-14(26)10-19(22)32(35)36)24(33)31(25(30)34)15-5-7-29(8-6-15)23-16-11-20(37-2)21(38-3)12-18(16)27-13-28-23/h9-13,15H,4-8H2,1-3H3. The number of ether oxygens (including phenoxy) is 2. The second-order valence-electron chi connectivity index (χ2n) is 8.92. The maximum atomic E-state index is 13.5. The van der Waals surface area contributed by atoms with E-state index in [1.54, 1.807) is 27.2 Å². The lowest BCUT2D eigenvalue weighted by Crippen LogP contribution is -2.46. The Morgan fingerprint density at radius 2 is 1.74 bits per heavy atom. The molecule has 0 unspecified atom stereocenters. The number of halogens is 1. The minimum Gasteiger partial charge on any atom is -0.493 e. The number of anilines is 1. The molecule has 1 fully saturated rings. The Morgan fingerprint density at radius 3 is 2.37 bits per heavy atom. The zero-order valence-corrected chi connectivity index (χ0v) is 21.8. The second kappa shape index (κ2) is 9.93. The van der Waals surface area contributed by atoms with Gasteiger partial charge in [-0.3, -0.25) is 24.0 Å². The molecule has 1 saturated heterocycles. The molecule has 38 heavy (non-hydrogen) atoms. The first kappa shape index (κ1) is 25.5. The predicted octanol–water partition coefficient (Wildman–Crippen LogP) is 3.55. The van der Waals surface area contributed by atoms with Crippen molar-refractivity contribution < 1.29 is 14.4 Å². The van der Waals surface area contributed by atoms with Crippen molar-refractivity contribution in [2.45, 2.75) is 32.4 Å². The summed E-state index contributed by atoms with van der Waals surface area (Å²) in [5, 5.41) is 12.6. The van der Waals surface area contributed by atoms with Gasteiger partial charge in [-0.1, -0.05) is 11.6 Å². The number of hydrogen-bond donors (Lipinski definition) is 0. The van der Waals surface area contributed by atoms with E-state index in [2.05, 4.69) is 14.9 Å². The van der Waals surface area contributed by atoms with Gasteiger partial charge >= 0.3 is 5.69 Å². The Kier molecular flexibility index (Phi) is 6.66. The van der Waals surface area contributed by atoms with E-state index in [1.807, 2.05) is 6.07 Å². The molecule has 2 aromatic heterocycles. The van der Waals surface area contributed by atoms with Crippen LogP contribution in [0.15, 0.2) is 40.2 Å². The molecule has 0 atom stereocenters. The van der Waals surface area contributed by atoms with Gasteiger partial charge in [-0.05, 0) is 31.9 Å². The molecule has 2 aromatic carbocycles. The third-order valence-corrected chi connectivity index (χ3v) is 7.19. The van der Waals surface area contributed by atoms with Crippen LogP contribution in [0.3, 0.4) is 0 Å². The number of piperidine rings is 1. The van der Waals surface area contributed by atoms with Crippen molar-refractivity contribution in [3.05, 3.63) is 66.6 Å². The smallest absolute Gasteiger partial charge is 0.331 e. The molecule has 1 aliphatic heterocycles. The van der Waals surface area contributed by atoms with Crippen molar-refractivity contribution in [1.29, 1.82) is 0 Å². The molecule has 5 rings (SSSR count). The van der Waals surface area contributed by atoms with Gasteiger partial charge in [0.05, 0.1) is 30.0 Å². The molecule has 0 N–H and O–H groups in total. The van der Waals surface area contributed by atoms with Crippen molar-refractivity contribution in [3.63, 3.8) is 0 Å². The van der Waals surface area contributed by atoms with Crippen molar-refractivity contribution in [2.75, 3.05) is 32.2 Å². The van der Waals surface area contributed by atoms with E-state index in [-0.39, 0.29) is 28.2 Å². The highest BCUT2D eigenvalue weighted by Gasteiger charge is 2.29. The molecule has 1 aliphatic rings. The monoisotopic (exact) mass is 540 g/mol. The number of aromatic nitrogens is 4. The normalized spacial score (nSPS) is 14.3. The highest BCUT2D eigenvalue weighted by atomic mass is 35.5. The van der Waals surface area contributed by atoms with Crippen molar-refractivity contribution >= 4 is 44.9 Å². The Hall–Kier alpha value is -4.19. The number of benzene rings is 2. The Bertz CT molecular complexity index is 1690. The zero-order chi connectivity index (χ0) is 27.1. The first-order valence-corrected chi connectivity index (χ1v) is 12.4. The molecule has 0 bridgehead atoms. The molecule has 198 valence electrons. The lowest BCUT2D eigenvalue weighted by atomic mass is 10.0. The van der Waals surface area contributed by atoms with Crippen LogP contribution in [0.25, 0.3) is 21.8 Å². The number of aryl methyl sites for hydroxylation is 1. The van der Waals surface area contributed by atoms with Crippen molar-refractivity contribution in [3.8, 4) is 11.5 Å². The summed E-state index contributed by atoms with van der Waals surface area (Å²) < 4.78 is 13.3. The van der Waals surface area contributed by atoms with Crippen LogP contribution in [0.1, 0.15) is 25.8 Å². The summed E-state index contributed by atoms with van der Waals surface area (Å²) in [4.78, 5) is 49.0. The number of methoxy groups -OCH3 is 2. The number of hydrogen-bond acceptors (Lipinski definition) is 9. The van der Waals surface area contributed by atoms with Gasteiger partial charge in [-0.2, -0.15) is 0 Å². The molecule has 12 nitrogen and oxygen atoms in total. The van der Waals surface area contributed by atoms with Gasteiger partial charge in [0.25, 0.3) is 11.2 Å². The Balaban J connectivity index is 1.53. The number of nitrogens with zero attached hydrogens (tertiary/aromatic N) is 6. The van der Waals surface area contributed by atoms with E-state index in [4.69, 9.17) is 21.1 Å². The lowest BCUT2D eigenvalue weighted by molar-refractivity contribution is -0.383. The van der Waals surface area contributed by atoms with Crippen LogP contribution in [-0.4, -0.2) is 51.3 Å². The fourth-order valence-corrected chi connectivity index (χ4v) is 5.40. The van der Waals surface area contributed by atoms with Crippen LogP contribution in [0.2, 0.25) is 5.02 Å². The average Bonchev–Trinajstić information content (AvgIpc) is 2.92. The molecule has 0 radical (unpaired) electrons. The number of nitro benzene ring substituents is 1. The second-order valence-corrected chi connectivity index (χ2v) is 9.36. The van der Waals surface area contributed by atoms with E-state index < -0.39 is 22.2 Å². The number of nitro groups is 1. The van der Waals surface area contributed by atoms with E-state index in [1.165, 1.54) is 21.5 Å². The number of rotatable bonds is 6. The summed E-state index contributed by atoms with van der Waals surface area (Å²) in [5.74, 6) is 1.83. The minimum atomic E-state index is -0.626. The van der Waals surface area contributed by atoms with Crippen LogP contribution in [0, 0.1) is 10.1 Å². The Morgan fingerprint density at radius 1 is 1.05 bits per heavy atom. The van der Waals surface area contributed by atoms with Gasteiger partial charge in [-0.25, -0.2) is 14.8 Å². The number of non-ortho nitro benzene ring substituents is 1. The summed E-state index contributed by atoms with van der Waals surface area (Å²) >= 11 is 6.11. The molecule has 0 amide bonds. The van der Waals surface area contributed by atoms with Crippen LogP contribution >= 0.6 is 11.6 Å². The summed E-state index contributed by atoms with van der Waals surface area (Å²) in [6.45, 7) is 2.92. The van der Waals surface area contributed by atoms with Crippen molar-refractivity contribution in [1.82, 2.24) is 19.1 Å². The maximum Gasteiger partial charge on any atom is 0.331 e. The quantitative estimate of drug-likeness (QED) is 0.266. The highest BCUT2D eigenvalue weighted by Crippen LogP contribution is 2.36. The fourth-order valence-electron chi connectivity index (χ4n) is 5.19. The van der Waals surface area contributed by atoms with Crippen LogP contribution in [-0.2, 0) is 6.54 Å². The third-order valence-electron chi connectivity index (χ3n) is 6.97. The van der Waals surface area contributed by atoms with E-state index in [9.17, 15) is 19.7 Å². The van der Waals surface area contributed by atoms with Gasteiger partial charge < -0.3 is 14.4 Å².